The van der Waals surface area contributed by atoms with Crippen molar-refractivity contribution in [2.75, 3.05) is 31.7 Å². The van der Waals surface area contributed by atoms with Crippen LogP contribution in [0.15, 0.2) is 28.0 Å². The van der Waals surface area contributed by atoms with Gasteiger partial charge in [0.2, 0.25) is 5.91 Å². The van der Waals surface area contributed by atoms with E-state index in [4.69, 9.17) is 11.6 Å². The first-order valence-electron chi connectivity index (χ1n) is 9.32. The number of carbonyl (C=O) groups excluding carboxylic acids is 1. The molecule has 0 spiro atoms. The number of fused-ring (bicyclic) bond motifs is 1. The van der Waals surface area contributed by atoms with Gasteiger partial charge in [0.1, 0.15) is 5.03 Å². The molecular formula is C20H25ClN4O2S. The van der Waals surface area contributed by atoms with Crippen molar-refractivity contribution in [3.8, 4) is 0 Å². The Bertz CT molecular complexity index is 943. The molecule has 0 unspecified atom stereocenters. The van der Waals surface area contributed by atoms with Gasteiger partial charge < -0.3 is 10.2 Å². The fourth-order valence-corrected chi connectivity index (χ4v) is 4.35. The number of anilines is 1. The Balaban J connectivity index is 1.72. The van der Waals surface area contributed by atoms with Gasteiger partial charge in [-0.2, -0.15) is 4.98 Å². The molecule has 1 aliphatic carbocycles. The predicted octanol–water partition coefficient (Wildman–Crippen LogP) is 2.99. The van der Waals surface area contributed by atoms with Crippen LogP contribution in [0, 0.1) is 6.92 Å². The number of thioether (sulfide) groups is 1. The van der Waals surface area contributed by atoms with Crippen molar-refractivity contribution in [1.82, 2.24) is 14.5 Å². The van der Waals surface area contributed by atoms with Crippen LogP contribution in [-0.4, -0.2) is 46.8 Å². The number of rotatable bonds is 7. The minimum Gasteiger partial charge on any atom is -0.325 e. The Hall–Kier alpha value is -1.83. The molecule has 0 saturated heterocycles. The topological polar surface area (TPSA) is 67.2 Å². The van der Waals surface area contributed by atoms with Gasteiger partial charge in [-0.25, -0.2) is 4.79 Å². The molecule has 1 aromatic heterocycles. The van der Waals surface area contributed by atoms with Gasteiger partial charge in [0.15, 0.2) is 0 Å². The van der Waals surface area contributed by atoms with Crippen molar-refractivity contribution in [3.05, 3.63) is 50.5 Å². The van der Waals surface area contributed by atoms with Crippen molar-refractivity contribution < 1.29 is 4.79 Å². The summed E-state index contributed by atoms with van der Waals surface area (Å²) < 4.78 is 1.79. The number of nitrogens with one attached hydrogen (secondary N) is 1. The molecule has 1 aliphatic rings. The van der Waals surface area contributed by atoms with E-state index in [1.54, 1.807) is 16.7 Å². The number of likely N-dealkylation sites (N-methyl/N-ethyl adjacent to an activating group) is 1. The average molecular weight is 421 g/mol. The van der Waals surface area contributed by atoms with E-state index in [9.17, 15) is 9.59 Å². The van der Waals surface area contributed by atoms with Gasteiger partial charge >= 0.3 is 5.69 Å². The number of aromatic nitrogens is 2. The molecule has 0 atom stereocenters. The van der Waals surface area contributed by atoms with Crippen LogP contribution in [0.5, 0.6) is 0 Å². The van der Waals surface area contributed by atoms with Crippen LogP contribution in [0.4, 0.5) is 5.69 Å². The van der Waals surface area contributed by atoms with E-state index in [1.807, 2.05) is 27.1 Å². The van der Waals surface area contributed by atoms with Crippen molar-refractivity contribution in [2.45, 2.75) is 37.8 Å². The molecule has 28 heavy (non-hydrogen) atoms. The summed E-state index contributed by atoms with van der Waals surface area (Å²) >= 11 is 7.44. The molecule has 0 bridgehead atoms. The number of benzene rings is 1. The lowest BCUT2D eigenvalue weighted by atomic mass is 10.2. The second-order valence-corrected chi connectivity index (χ2v) is 8.55. The third-order valence-corrected chi connectivity index (χ3v) is 6.28. The van der Waals surface area contributed by atoms with Crippen molar-refractivity contribution in [1.29, 1.82) is 0 Å². The first kappa shape index (κ1) is 20.9. The summed E-state index contributed by atoms with van der Waals surface area (Å²) in [4.78, 5) is 31.3. The number of hydrogen-bond donors (Lipinski definition) is 1. The molecule has 0 aliphatic heterocycles. The van der Waals surface area contributed by atoms with E-state index in [0.29, 0.717) is 22.3 Å². The van der Waals surface area contributed by atoms with Crippen molar-refractivity contribution in [2.24, 2.45) is 0 Å². The molecule has 1 aromatic carbocycles. The van der Waals surface area contributed by atoms with E-state index < -0.39 is 0 Å². The second kappa shape index (κ2) is 9.11. The maximum Gasteiger partial charge on any atom is 0.348 e. The van der Waals surface area contributed by atoms with E-state index in [1.165, 1.54) is 11.8 Å². The van der Waals surface area contributed by atoms with Gasteiger partial charge in [-0.15, -0.1) is 0 Å². The number of nitrogens with zero attached hydrogens (tertiary/aromatic N) is 3. The first-order valence-corrected chi connectivity index (χ1v) is 10.7. The Labute approximate surface area is 174 Å². The minimum atomic E-state index is -0.226. The number of hydrogen-bond acceptors (Lipinski definition) is 5. The zero-order valence-corrected chi connectivity index (χ0v) is 18.0. The zero-order chi connectivity index (χ0) is 20.3. The molecule has 1 amide bonds. The van der Waals surface area contributed by atoms with Crippen LogP contribution in [0.2, 0.25) is 5.02 Å². The number of carbonyl (C=O) groups is 1. The largest absolute Gasteiger partial charge is 0.348 e. The zero-order valence-electron chi connectivity index (χ0n) is 16.4. The molecule has 3 rings (SSSR count). The fourth-order valence-electron chi connectivity index (χ4n) is 3.30. The van der Waals surface area contributed by atoms with Gasteiger partial charge in [0, 0.05) is 35.1 Å². The third kappa shape index (κ3) is 4.77. The summed E-state index contributed by atoms with van der Waals surface area (Å²) in [5.41, 5.74) is 3.52. The van der Waals surface area contributed by atoms with E-state index in [0.717, 1.165) is 42.6 Å². The lowest BCUT2D eigenvalue weighted by Crippen LogP contribution is -2.31. The van der Waals surface area contributed by atoms with Crippen LogP contribution in [0.1, 0.15) is 23.2 Å². The van der Waals surface area contributed by atoms with Gasteiger partial charge in [-0.1, -0.05) is 29.4 Å². The Kier molecular flexibility index (Phi) is 6.80. The lowest BCUT2D eigenvalue weighted by Gasteiger charge is -2.16. The summed E-state index contributed by atoms with van der Waals surface area (Å²) in [6.45, 7) is 3.30. The highest BCUT2D eigenvalue weighted by Crippen LogP contribution is 2.29. The first-order chi connectivity index (χ1) is 13.4. The highest BCUT2D eigenvalue weighted by Gasteiger charge is 2.22. The fraction of sp³-hybridized carbons (Fsp3) is 0.450. The molecule has 0 fully saturated rings. The second-order valence-electron chi connectivity index (χ2n) is 7.18. The van der Waals surface area contributed by atoms with Gasteiger partial charge in [-0.3, -0.25) is 9.36 Å². The van der Waals surface area contributed by atoms with Crippen LogP contribution in [0.25, 0.3) is 0 Å². The molecular weight excluding hydrogens is 396 g/mol. The monoisotopic (exact) mass is 420 g/mol. The SMILES string of the molecule is Cc1c(Cl)cccc1NC(=O)CSc1nc(=O)n(CCN(C)C)c2c1CCC2. The van der Waals surface area contributed by atoms with Gasteiger partial charge in [-0.05, 0) is 58.0 Å². The predicted molar refractivity (Wildman–Crippen MR) is 115 cm³/mol. The maximum atomic E-state index is 12.5. The van der Waals surface area contributed by atoms with Crippen LogP contribution >= 0.6 is 23.4 Å². The van der Waals surface area contributed by atoms with Crippen molar-refractivity contribution >= 4 is 35.0 Å². The number of halogens is 1. The summed E-state index contributed by atoms with van der Waals surface area (Å²) in [6.07, 6.45) is 2.81. The third-order valence-electron chi connectivity index (χ3n) is 4.85. The molecule has 0 radical (unpaired) electrons. The summed E-state index contributed by atoms with van der Waals surface area (Å²) in [6, 6.07) is 5.42. The Morgan fingerprint density at radius 3 is 2.89 bits per heavy atom. The molecule has 2 aromatic rings. The van der Waals surface area contributed by atoms with Gasteiger partial charge in [0.05, 0.1) is 5.75 Å². The Morgan fingerprint density at radius 2 is 2.14 bits per heavy atom. The van der Waals surface area contributed by atoms with E-state index in [2.05, 4.69) is 15.2 Å². The molecule has 0 saturated carbocycles. The molecule has 6 nitrogen and oxygen atoms in total. The molecule has 150 valence electrons. The van der Waals surface area contributed by atoms with E-state index >= 15 is 0 Å². The summed E-state index contributed by atoms with van der Waals surface area (Å²) in [7, 11) is 3.98. The average Bonchev–Trinajstić information content (AvgIpc) is 3.12. The Morgan fingerprint density at radius 1 is 1.36 bits per heavy atom. The minimum absolute atomic E-state index is 0.138. The van der Waals surface area contributed by atoms with Gasteiger partial charge in [0.25, 0.3) is 0 Å². The summed E-state index contributed by atoms with van der Waals surface area (Å²) in [5.74, 6) is 0.0627. The van der Waals surface area contributed by atoms with Crippen molar-refractivity contribution in [3.63, 3.8) is 0 Å². The van der Waals surface area contributed by atoms with Crippen LogP contribution in [-0.2, 0) is 24.2 Å². The highest BCUT2D eigenvalue weighted by atomic mass is 35.5. The summed E-state index contributed by atoms with van der Waals surface area (Å²) in [5, 5.41) is 4.20. The lowest BCUT2D eigenvalue weighted by molar-refractivity contribution is -0.113. The quantitative estimate of drug-likeness (QED) is 0.551. The number of amides is 1. The standard InChI is InChI=1S/C20H25ClN4O2S/c1-13-15(21)7-5-8-16(13)22-18(26)12-28-19-14-6-4-9-17(14)25(20(27)23-19)11-10-24(2)3/h5,7-8H,4,6,9-12H2,1-3H3,(H,22,26). The van der Waals surface area contributed by atoms with Crippen LogP contribution < -0.4 is 11.0 Å². The maximum absolute atomic E-state index is 12.5. The van der Waals surface area contributed by atoms with E-state index in [-0.39, 0.29) is 17.3 Å². The highest BCUT2D eigenvalue weighted by molar-refractivity contribution is 8.00. The van der Waals surface area contributed by atoms with Crippen LogP contribution in [0.3, 0.4) is 0 Å². The smallest absolute Gasteiger partial charge is 0.325 e. The molecule has 8 heteroatoms. The normalized spacial score (nSPS) is 13.0. The molecule has 1 heterocycles. The molecule has 1 N–H and O–H groups in total.